The van der Waals surface area contributed by atoms with Crippen LogP contribution in [0.25, 0.3) is 44.1 Å². The first-order chi connectivity index (χ1) is 37.8. The Morgan fingerprint density at radius 1 is 0.550 bits per heavy atom. The molecule has 0 fully saturated rings. The Bertz CT molecular complexity index is 3780. The highest BCUT2D eigenvalue weighted by molar-refractivity contribution is 7.93. The van der Waals surface area contributed by atoms with Crippen molar-refractivity contribution in [1.82, 2.24) is 39.7 Å². The lowest BCUT2D eigenvalue weighted by molar-refractivity contribution is -0.126. The van der Waals surface area contributed by atoms with Crippen LogP contribution in [0, 0.1) is 23.5 Å². The Hall–Kier alpha value is -8.06. The number of hydrogen-bond donors (Lipinski definition) is 4. The summed E-state index contributed by atoms with van der Waals surface area (Å²) in [7, 11) is -5.80. The zero-order chi connectivity index (χ0) is 58.4. The molecule has 0 radical (unpaired) electrons. The van der Waals surface area contributed by atoms with Crippen molar-refractivity contribution in [2.75, 3.05) is 23.7 Å². The van der Waals surface area contributed by atoms with Crippen LogP contribution >= 0.6 is 23.2 Å². The van der Waals surface area contributed by atoms with Gasteiger partial charge in [-0.1, -0.05) is 49.2 Å². The predicted octanol–water partition coefficient (Wildman–Crippen LogP) is 8.44. The van der Waals surface area contributed by atoms with E-state index in [1.807, 2.05) is 27.7 Å². The molecule has 0 bridgehead atoms. The van der Waals surface area contributed by atoms with Crippen LogP contribution in [0.4, 0.5) is 20.2 Å². The van der Waals surface area contributed by atoms with Crippen LogP contribution < -0.4 is 40.7 Å². The molecular weight excluding hydrogens is 1120 g/mol. The summed E-state index contributed by atoms with van der Waals surface area (Å²) in [6.45, 7) is 11.2. The van der Waals surface area contributed by atoms with E-state index in [9.17, 15) is 44.8 Å². The summed E-state index contributed by atoms with van der Waals surface area (Å²) in [5, 5.41) is 5.71. The van der Waals surface area contributed by atoms with Crippen molar-refractivity contribution in [2.45, 2.75) is 76.5 Å². The van der Waals surface area contributed by atoms with Gasteiger partial charge >= 0.3 is 0 Å². The van der Waals surface area contributed by atoms with E-state index in [0.29, 0.717) is 44.1 Å². The molecule has 4 N–H and O–H groups in total. The van der Waals surface area contributed by atoms with Gasteiger partial charge in [-0.05, 0) is 112 Å². The van der Waals surface area contributed by atoms with Gasteiger partial charge in [-0.2, -0.15) is 0 Å². The number of nitrogens with zero attached hydrogens (tertiary/aromatic N) is 6. The number of fused-ring (bicyclic) bond motifs is 2. The SMILES string of the molecule is COc1ncc(-c2ccc3ncn(C[C@@H](C)C(=O)NC(C)C)c(=O)c3c2)cc1NS(=O)(=O)c1ccc(F)cc1Cl.COc1ncc(-c2ccc3ncn(C[C@H](C)C(=O)NC(C)C)c(=O)c3c2)cc1NS(=O)(=O)c1ccc(F)cc1Cl. The smallest absolute Gasteiger partial charge is 0.263 e. The molecule has 80 heavy (non-hydrogen) atoms. The molecule has 0 saturated carbocycles. The van der Waals surface area contributed by atoms with Crippen molar-refractivity contribution >= 4 is 88.2 Å². The average molecular weight is 1180 g/mol. The Balaban J connectivity index is 0.000000231. The van der Waals surface area contributed by atoms with Crippen molar-refractivity contribution in [1.29, 1.82) is 0 Å². The quantitative estimate of drug-likeness (QED) is 0.0628. The highest BCUT2D eigenvalue weighted by atomic mass is 35.5. The maximum absolute atomic E-state index is 13.5. The van der Waals surface area contributed by atoms with E-state index in [1.165, 1.54) is 60.5 Å². The van der Waals surface area contributed by atoms with E-state index < -0.39 is 43.5 Å². The number of methoxy groups -OCH3 is 2. The second-order valence-corrected chi connectivity index (χ2v) is 23.0. The number of benzene rings is 4. The number of amides is 2. The fraction of sp³-hybridized carbons (Fsp3) is 0.259. The number of rotatable bonds is 18. The number of halogens is 4. The Morgan fingerprint density at radius 3 is 1.26 bits per heavy atom. The van der Waals surface area contributed by atoms with Crippen LogP contribution in [-0.2, 0) is 42.7 Å². The predicted molar refractivity (Wildman–Crippen MR) is 301 cm³/mol. The number of ether oxygens (including phenoxy) is 2. The van der Waals surface area contributed by atoms with Gasteiger partial charge in [0.1, 0.15) is 32.8 Å². The third kappa shape index (κ3) is 14.0. The highest BCUT2D eigenvalue weighted by Gasteiger charge is 2.25. The molecule has 0 aliphatic rings. The molecule has 4 aromatic carbocycles. The second kappa shape index (κ2) is 24.9. The van der Waals surface area contributed by atoms with Gasteiger partial charge in [0.15, 0.2) is 0 Å². The van der Waals surface area contributed by atoms with E-state index in [-0.39, 0.29) is 91.1 Å². The lowest BCUT2D eigenvalue weighted by Crippen LogP contribution is -2.37. The number of aromatic nitrogens is 6. The second-order valence-electron chi connectivity index (χ2n) is 18.9. The third-order valence-corrected chi connectivity index (χ3v) is 15.7. The molecule has 0 unspecified atom stereocenters. The first-order valence-corrected chi connectivity index (χ1v) is 28.1. The molecule has 4 aromatic heterocycles. The van der Waals surface area contributed by atoms with Gasteiger partial charge in [0.05, 0.1) is 70.6 Å². The maximum atomic E-state index is 13.5. The number of anilines is 2. The molecule has 8 aromatic rings. The molecule has 0 spiro atoms. The topological polar surface area (TPSA) is 265 Å². The normalized spacial score (nSPS) is 12.4. The lowest BCUT2D eigenvalue weighted by Gasteiger charge is -2.16. The number of carbonyl (C=O) groups excluding carboxylic acids is 2. The van der Waals surface area contributed by atoms with Gasteiger partial charge in [-0.25, -0.2) is 45.6 Å². The van der Waals surface area contributed by atoms with Crippen LogP contribution in [0.5, 0.6) is 11.8 Å². The first-order valence-electron chi connectivity index (χ1n) is 24.4. The summed E-state index contributed by atoms with van der Waals surface area (Å²) < 4.78 is 97.0. The molecular formula is C54H54Cl2F2N10O10S2. The average Bonchev–Trinajstić information content (AvgIpc) is 3.40. The molecule has 0 saturated heterocycles. The molecule has 2 atom stereocenters. The van der Waals surface area contributed by atoms with Crippen molar-refractivity contribution in [3.63, 3.8) is 0 Å². The van der Waals surface area contributed by atoms with Crippen molar-refractivity contribution < 1.29 is 44.7 Å². The van der Waals surface area contributed by atoms with Gasteiger partial charge in [0.25, 0.3) is 31.2 Å². The highest BCUT2D eigenvalue weighted by Crippen LogP contribution is 2.34. The van der Waals surface area contributed by atoms with E-state index >= 15 is 0 Å². The number of carbonyl (C=O) groups is 2. The minimum Gasteiger partial charge on any atom is -0.480 e. The fourth-order valence-electron chi connectivity index (χ4n) is 8.02. The fourth-order valence-corrected chi connectivity index (χ4v) is 11.2. The van der Waals surface area contributed by atoms with Crippen molar-refractivity contribution in [3.05, 3.63) is 152 Å². The Labute approximate surface area is 468 Å². The third-order valence-electron chi connectivity index (χ3n) is 12.0. The van der Waals surface area contributed by atoms with Crippen molar-refractivity contribution in [2.24, 2.45) is 11.8 Å². The first kappa shape index (κ1) is 59.6. The van der Waals surface area contributed by atoms with Gasteiger partial charge < -0.3 is 20.1 Å². The van der Waals surface area contributed by atoms with Crippen LogP contribution in [0.2, 0.25) is 10.0 Å². The minimum absolute atomic E-state index is 0.00840. The monoisotopic (exact) mass is 1170 g/mol. The molecule has 8 rings (SSSR count). The number of nitrogens with one attached hydrogen (secondary N) is 4. The van der Waals surface area contributed by atoms with Gasteiger partial charge in [-0.15, -0.1) is 0 Å². The Morgan fingerprint density at radius 2 is 0.925 bits per heavy atom. The van der Waals surface area contributed by atoms with Gasteiger partial charge in [0, 0.05) is 48.7 Å². The van der Waals surface area contributed by atoms with Crippen LogP contribution in [0.3, 0.4) is 0 Å². The number of sulfonamides is 2. The zero-order valence-electron chi connectivity index (χ0n) is 44.2. The maximum Gasteiger partial charge on any atom is 0.263 e. The molecule has 2 amide bonds. The number of hydrogen-bond acceptors (Lipinski definition) is 14. The molecule has 26 heteroatoms. The molecule has 0 aliphatic heterocycles. The van der Waals surface area contributed by atoms with Gasteiger partial charge in [-0.3, -0.25) is 37.8 Å². The largest absolute Gasteiger partial charge is 0.480 e. The van der Waals surface area contributed by atoms with Crippen LogP contribution in [-0.4, -0.2) is 84.0 Å². The zero-order valence-corrected chi connectivity index (χ0v) is 47.4. The molecule has 0 aliphatic carbocycles. The summed E-state index contributed by atoms with van der Waals surface area (Å²) in [5.41, 5.74) is 2.35. The van der Waals surface area contributed by atoms with Crippen LogP contribution in [0.15, 0.2) is 129 Å². The summed E-state index contributed by atoms with van der Waals surface area (Å²) >= 11 is 11.9. The minimum atomic E-state index is -4.23. The molecule has 4 heterocycles. The number of pyridine rings is 2. The van der Waals surface area contributed by atoms with E-state index in [2.05, 4.69) is 40.0 Å². The van der Waals surface area contributed by atoms with E-state index in [4.69, 9.17) is 32.7 Å². The Kier molecular flexibility index (Phi) is 18.6. The standard InChI is InChI=1S/2C27H27ClFN5O5S/c2*1-15(2)32-25(35)16(3)13-34-14-31-22-7-5-17(9-20(22)27(34)36)18-10-23(26(39-4)30-12-18)33-40(37,38)24-8-6-19(29)11-21(24)28/h2*5-12,14-16,33H,13H2,1-4H3,(H,32,35)/t2*16-/m10/s1. The summed E-state index contributed by atoms with van der Waals surface area (Å²) in [5.74, 6) is -2.63. The summed E-state index contributed by atoms with van der Waals surface area (Å²) in [6, 6.07) is 18.8. The van der Waals surface area contributed by atoms with E-state index in [0.717, 1.165) is 36.4 Å². The summed E-state index contributed by atoms with van der Waals surface area (Å²) in [6.07, 6.45) is 5.75. The van der Waals surface area contributed by atoms with Crippen LogP contribution in [0.1, 0.15) is 41.5 Å². The molecule has 20 nitrogen and oxygen atoms in total. The van der Waals surface area contributed by atoms with E-state index in [1.54, 1.807) is 50.2 Å². The van der Waals surface area contributed by atoms with Crippen molar-refractivity contribution in [3.8, 4) is 34.0 Å². The van der Waals surface area contributed by atoms with Gasteiger partial charge in [0.2, 0.25) is 23.6 Å². The summed E-state index contributed by atoms with van der Waals surface area (Å²) in [4.78, 5) is 67.7. The molecule has 420 valence electrons. The lowest BCUT2D eigenvalue weighted by atomic mass is 10.0.